The molecular weight excluding hydrogens is 268 g/mol. The molecular formula is C13H17ClN2O3. The number of pyridine rings is 1. The molecule has 6 heteroatoms. The summed E-state index contributed by atoms with van der Waals surface area (Å²) >= 11 is 5.76. The molecule has 0 bridgehead atoms. The summed E-state index contributed by atoms with van der Waals surface area (Å²) in [5.41, 5.74) is 0.0173. The highest BCUT2D eigenvalue weighted by Gasteiger charge is 2.20. The van der Waals surface area contributed by atoms with Gasteiger partial charge in [0.2, 0.25) is 5.88 Å². The van der Waals surface area contributed by atoms with Crippen molar-refractivity contribution >= 4 is 17.6 Å². The van der Waals surface area contributed by atoms with E-state index in [1.807, 2.05) is 0 Å². The Labute approximate surface area is 117 Å². The summed E-state index contributed by atoms with van der Waals surface area (Å²) in [5, 5.41) is 9.09. The van der Waals surface area contributed by atoms with Gasteiger partial charge in [-0.15, -0.1) is 0 Å². The number of piperidine rings is 1. The van der Waals surface area contributed by atoms with Crippen LogP contribution in [0.25, 0.3) is 0 Å². The fourth-order valence-electron chi connectivity index (χ4n) is 2.20. The largest absolute Gasteiger partial charge is 0.478 e. The van der Waals surface area contributed by atoms with Crippen molar-refractivity contribution in [3.63, 3.8) is 0 Å². The number of ether oxygens (including phenoxy) is 1. The molecule has 1 N–H and O–H groups in total. The molecule has 1 aromatic heterocycles. The zero-order valence-electron chi connectivity index (χ0n) is 10.8. The molecule has 0 aliphatic carbocycles. The lowest BCUT2D eigenvalue weighted by molar-refractivity contribution is 0.0695. The number of nitrogens with zero attached hydrogens (tertiary/aromatic N) is 2. The predicted octanol–water partition coefficient (Wildman–Crippen LogP) is 2.30. The van der Waals surface area contributed by atoms with Crippen molar-refractivity contribution in [2.75, 3.05) is 20.2 Å². The molecule has 1 aliphatic rings. The molecule has 1 saturated heterocycles. The maximum Gasteiger partial charge on any atom is 0.337 e. The Hall–Kier alpha value is -1.33. The number of carboxylic acid groups (broad SMARTS) is 1. The third kappa shape index (κ3) is 3.58. The van der Waals surface area contributed by atoms with Crippen LogP contribution in [0.15, 0.2) is 12.3 Å². The van der Waals surface area contributed by atoms with Crippen LogP contribution in [0.5, 0.6) is 5.88 Å². The highest BCUT2D eigenvalue weighted by Crippen LogP contribution is 2.21. The molecule has 2 heterocycles. The molecule has 1 fully saturated rings. The average molecular weight is 285 g/mol. The van der Waals surface area contributed by atoms with Gasteiger partial charge in [0.05, 0.1) is 16.8 Å². The van der Waals surface area contributed by atoms with Gasteiger partial charge in [0.25, 0.3) is 0 Å². The molecule has 2 rings (SSSR count). The number of likely N-dealkylation sites (N-methyl/N-ethyl adjacent to an activating group) is 1. The van der Waals surface area contributed by atoms with Crippen molar-refractivity contribution in [3.05, 3.63) is 22.8 Å². The fourth-order valence-corrected chi connectivity index (χ4v) is 2.38. The highest BCUT2D eigenvalue weighted by atomic mass is 35.5. The second-order valence-electron chi connectivity index (χ2n) is 4.75. The van der Waals surface area contributed by atoms with E-state index in [0.717, 1.165) is 13.0 Å². The van der Waals surface area contributed by atoms with Crippen LogP contribution in [0.2, 0.25) is 5.02 Å². The molecule has 1 atom stereocenters. The van der Waals surface area contributed by atoms with Gasteiger partial charge in [-0.1, -0.05) is 18.0 Å². The second kappa shape index (κ2) is 6.21. The minimum absolute atomic E-state index is 0.0173. The molecule has 0 spiro atoms. The first-order valence-electron chi connectivity index (χ1n) is 6.30. The van der Waals surface area contributed by atoms with E-state index < -0.39 is 5.97 Å². The van der Waals surface area contributed by atoms with Crippen LogP contribution >= 0.6 is 11.6 Å². The molecule has 19 heavy (non-hydrogen) atoms. The van der Waals surface area contributed by atoms with Crippen LogP contribution in [0.3, 0.4) is 0 Å². The van der Waals surface area contributed by atoms with E-state index in [4.69, 9.17) is 21.4 Å². The summed E-state index contributed by atoms with van der Waals surface area (Å²) in [6.07, 6.45) is 4.82. The van der Waals surface area contributed by atoms with Crippen LogP contribution in [-0.4, -0.2) is 47.2 Å². The molecule has 0 amide bonds. The predicted molar refractivity (Wildman–Crippen MR) is 72.0 cm³/mol. The zero-order valence-corrected chi connectivity index (χ0v) is 11.6. The first-order chi connectivity index (χ1) is 9.08. The zero-order chi connectivity index (χ0) is 13.8. The van der Waals surface area contributed by atoms with E-state index in [2.05, 4.69) is 16.9 Å². The normalized spacial score (nSPS) is 20.2. The van der Waals surface area contributed by atoms with Gasteiger partial charge in [0.15, 0.2) is 0 Å². The summed E-state index contributed by atoms with van der Waals surface area (Å²) in [6, 6.07) is 1.73. The van der Waals surface area contributed by atoms with Crippen molar-refractivity contribution in [2.24, 2.45) is 0 Å². The lowest BCUT2D eigenvalue weighted by Gasteiger charge is -2.31. The van der Waals surface area contributed by atoms with Gasteiger partial charge in [0.1, 0.15) is 6.61 Å². The van der Waals surface area contributed by atoms with E-state index >= 15 is 0 Å². The minimum Gasteiger partial charge on any atom is -0.478 e. The number of halogens is 1. The third-order valence-electron chi connectivity index (χ3n) is 3.41. The fraction of sp³-hybridized carbons (Fsp3) is 0.538. The van der Waals surface area contributed by atoms with E-state index in [0.29, 0.717) is 18.5 Å². The van der Waals surface area contributed by atoms with Crippen LogP contribution in [-0.2, 0) is 0 Å². The lowest BCUT2D eigenvalue weighted by atomic mass is 10.0. The SMILES string of the molecule is CN1CCCCC1COc1cc(C(=O)O)c(Cl)cn1. The van der Waals surface area contributed by atoms with Gasteiger partial charge in [-0.3, -0.25) is 0 Å². The Balaban J connectivity index is 1.99. The maximum atomic E-state index is 11.0. The van der Waals surface area contributed by atoms with Crippen molar-refractivity contribution in [1.29, 1.82) is 0 Å². The summed E-state index contributed by atoms with van der Waals surface area (Å²) in [5.74, 6) is -0.771. The summed E-state index contributed by atoms with van der Waals surface area (Å²) in [7, 11) is 2.07. The van der Waals surface area contributed by atoms with E-state index in [1.54, 1.807) is 0 Å². The van der Waals surface area contributed by atoms with E-state index in [1.165, 1.54) is 25.1 Å². The number of aromatic carboxylic acids is 1. The number of carboxylic acids is 1. The number of rotatable bonds is 4. The number of hydrogen-bond acceptors (Lipinski definition) is 4. The molecule has 5 nitrogen and oxygen atoms in total. The summed E-state index contributed by atoms with van der Waals surface area (Å²) in [4.78, 5) is 17.2. The molecule has 1 aliphatic heterocycles. The van der Waals surface area contributed by atoms with Crippen molar-refractivity contribution < 1.29 is 14.6 Å². The number of likely N-dealkylation sites (tertiary alicyclic amines) is 1. The molecule has 0 saturated carbocycles. The highest BCUT2D eigenvalue weighted by molar-refractivity contribution is 6.33. The third-order valence-corrected chi connectivity index (χ3v) is 3.71. The molecule has 104 valence electrons. The average Bonchev–Trinajstić information content (AvgIpc) is 2.39. The van der Waals surface area contributed by atoms with Gasteiger partial charge in [-0.25, -0.2) is 9.78 Å². The first kappa shape index (κ1) is 14.1. The van der Waals surface area contributed by atoms with E-state index in [-0.39, 0.29) is 10.6 Å². The second-order valence-corrected chi connectivity index (χ2v) is 5.16. The smallest absolute Gasteiger partial charge is 0.337 e. The van der Waals surface area contributed by atoms with Crippen LogP contribution in [0.1, 0.15) is 29.6 Å². The molecule has 0 radical (unpaired) electrons. The van der Waals surface area contributed by atoms with Crippen LogP contribution in [0, 0.1) is 0 Å². The monoisotopic (exact) mass is 284 g/mol. The van der Waals surface area contributed by atoms with Crippen molar-refractivity contribution in [3.8, 4) is 5.88 Å². The van der Waals surface area contributed by atoms with Crippen LogP contribution < -0.4 is 4.74 Å². The van der Waals surface area contributed by atoms with Gasteiger partial charge in [-0.2, -0.15) is 0 Å². The van der Waals surface area contributed by atoms with Crippen molar-refractivity contribution in [2.45, 2.75) is 25.3 Å². The number of carbonyl (C=O) groups is 1. The minimum atomic E-state index is -1.08. The molecule has 1 unspecified atom stereocenters. The molecule has 0 aromatic carbocycles. The Bertz CT molecular complexity index is 467. The number of aromatic nitrogens is 1. The Morgan fingerprint density at radius 2 is 2.42 bits per heavy atom. The first-order valence-corrected chi connectivity index (χ1v) is 6.67. The Morgan fingerprint density at radius 1 is 1.63 bits per heavy atom. The van der Waals surface area contributed by atoms with Crippen LogP contribution in [0.4, 0.5) is 0 Å². The Morgan fingerprint density at radius 3 is 3.11 bits per heavy atom. The number of hydrogen-bond donors (Lipinski definition) is 1. The van der Waals surface area contributed by atoms with Gasteiger partial charge in [-0.05, 0) is 26.4 Å². The maximum absolute atomic E-state index is 11.0. The quantitative estimate of drug-likeness (QED) is 0.919. The standard InChI is InChI=1S/C13H17ClN2O3/c1-16-5-3-2-4-9(16)8-19-12-6-10(13(17)18)11(14)7-15-12/h6-7,9H,2-5,8H2,1H3,(H,17,18). The lowest BCUT2D eigenvalue weighted by Crippen LogP contribution is -2.40. The topological polar surface area (TPSA) is 62.7 Å². The van der Waals surface area contributed by atoms with Crippen molar-refractivity contribution in [1.82, 2.24) is 9.88 Å². The van der Waals surface area contributed by atoms with Gasteiger partial charge >= 0.3 is 5.97 Å². The van der Waals surface area contributed by atoms with E-state index in [9.17, 15) is 4.79 Å². The van der Waals surface area contributed by atoms with Gasteiger partial charge in [0, 0.05) is 12.1 Å². The summed E-state index contributed by atoms with van der Waals surface area (Å²) < 4.78 is 5.59. The summed E-state index contributed by atoms with van der Waals surface area (Å²) in [6.45, 7) is 1.59. The van der Waals surface area contributed by atoms with Gasteiger partial charge < -0.3 is 14.7 Å². The Kier molecular flexibility index (Phi) is 4.61. The molecule has 1 aromatic rings.